The zero-order valence-electron chi connectivity index (χ0n) is 13.7. The number of carboxylic acid groups (broad SMARTS) is 1. The van der Waals surface area contributed by atoms with Crippen molar-refractivity contribution in [2.75, 3.05) is 13.2 Å². The summed E-state index contributed by atoms with van der Waals surface area (Å²) in [6.07, 6.45) is -2.04. The van der Waals surface area contributed by atoms with Gasteiger partial charge in [-0.1, -0.05) is 6.58 Å². The van der Waals surface area contributed by atoms with Crippen LogP contribution >= 0.6 is 0 Å². The maximum atomic E-state index is 11.7. The van der Waals surface area contributed by atoms with Gasteiger partial charge in [-0.3, -0.25) is 9.59 Å². The van der Waals surface area contributed by atoms with Crippen LogP contribution in [0, 0.1) is 20.2 Å². The Bertz CT molecular complexity index is 595. The second kappa shape index (κ2) is 11.8. The minimum Gasteiger partial charge on any atom is -0.480 e. The normalized spacial score (nSPS) is 12.0. The Balaban J connectivity index is 4.28. The van der Waals surface area contributed by atoms with Crippen molar-refractivity contribution in [3.05, 3.63) is 32.5 Å². The molecule has 0 aromatic heterocycles. The average Bonchev–Trinajstić information content (AvgIpc) is 2.58. The van der Waals surface area contributed by atoms with Gasteiger partial charge in [-0.05, 0) is 6.42 Å². The molecule has 0 saturated carbocycles. The molecule has 5 N–H and O–H groups in total. The van der Waals surface area contributed by atoms with Gasteiger partial charge in [0.1, 0.15) is 24.4 Å². The van der Waals surface area contributed by atoms with Gasteiger partial charge < -0.3 is 30.7 Å². The quantitative estimate of drug-likeness (QED) is 0.137. The number of aliphatic carboxylic acids is 1. The van der Waals surface area contributed by atoms with Crippen molar-refractivity contribution >= 4 is 17.8 Å². The lowest BCUT2D eigenvalue weighted by Crippen LogP contribution is -2.40. The second-order valence-electron chi connectivity index (χ2n) is 4.72. The van der Waals surface area contributed by atoms with E-state index in [0.29, 0.717) is 0 Å². The molecule has 0 aromatic rings. The van der Waals surface area contributed by atoms with Crippen LogP contribution in [-0.4, -0.2) is 58.4 Å². The molecule has 0 saturated heterocycles. The average molecular weight is 395 g/mol. The molecule has 0 rings (SSSR count). The van der Waals surface area contributed by atoms with Gasteiger partial charge in [0, 0.05) is 13.0 Å². The summed E-state index contributed by atoms with van der Waals surface area (Å²) in [4.78, 5) is 66.3. The van der Waals surface area contributed by atoms with Crippen molar-refractivity contribution in [2.24, 2.45) is 5.73 Å². The van der Waals surface area contributed by atoms with Crippen molar-refractivity contribution < 1.29 is 44.2 Å². The van der Waals surface area contributed by atoms with Crippen LogP contribution in [0.5, 0.6) is 0 Å². The molecule has 1 amide bonds. The fourth-order valence-electron chi connectivity index (χ4n) is 1.32. The Morgan fingerprint density at radius 3 is 2.37 bits per heavy atom. The summed E-state index contributed by atoms with van der Waals surface area (Å²) in [5.41, 5.74) is 6.60. The molecule has 0 heterocycles. The third kappa shape index (κ3) is 11.5. The lowest BCUT2D eigenvalue weighted by Gasteiger charge is -2.15. The number of amides is 1. The molecular weight excluding hydrogens is 378 g/mol. The molecule has 0 unspecified atom stereocenters. The largest absolute Gasteiger partial charge is 0.480 e. The first-order valence-electron chi connectivity index (χ1n) is 7.02. The summed E-state index contributed by atoms with van der Waals surface area (Å²) >= 11 is 0. The first-order chi connectivity index (χ1) is 12.5. The minimum atomic E-state index is -1.48. The number of hydrogen-bond donors (Lipinski definition) is 4. The smallest absolute Gasteiger partial charge is 0.332 e. The standard InChI is InChI=1S/C11H17N5O11/c1-6(14-26-9(17)3-2-8(12)11(19)20)10(18)13-4-7(27-16(23)24)5-25-15(21)22/h7-8,14H,1-5,12H2,(H,13,18)(H,19,20)/t7-,8-/m0/s1. The maximum absolute atomic E-state index is 11.7. The number of hydroxylamine groups is 1. The van der Waals surface area contributed by atoms with Gasteiger partial charge in [0.2, 0.25) is 0 Å². The Morgan fingerprint density at radius 2 is 1.85 bits per heavy atom. The molecule has 0 aromatic carbocycles. The van der Waals surface area contributed by atoms with Crippen molar-refractivity contribution in [2.45, 2.75) is 25.0 Å². The van der Waals surface area contributed by atoms with Crippen LogP contribution in [0.3, 0.4) is 0 Å². The predicted molar refractivity (Wildman–Crippen MR) is 81.0 cm³/mol. The number of carbonyl (C=O) groups excluding carboxylic acids is 2. The summed E-state index contributed by atoms with van der Waals surface area (Å²) < 4.78 is 0. The van der Waals surface area contributed by atoms with Crippen LogP contribution < -0.4 is 16.5 Å². The van der Waals surface area contributed by atoms with Crippen LogP contribution in [0.4, 0.5) is 0 Å². The summed E-state index contributed by atoms with van der Waals surface area (Å²) in [5, 5.41) is 28.6. The number of rotatable bonds is 14. The molecule has 27 heavy (non-hydrogen) atoms. The molecule has 0 fully saturated rings. The zero-order chi connectivity index (χ0) is 21.0. The number of nitrogens with zero attached hydrogens (tertiary/aromatic N) is 2. The van der Waals surface area contributed by atoms with E-state index < -0.39 is 59.0 Å². The Kier molecular flexibility index (Phi) is 10.2. The Labute approximate surface area is 150 Å². The van der Waals surface area contributed by atoms with E-state index in [4.69, 9.17) is 10.8 Å². The van der Waals surface area contributed by atoms with Gasteiger partial charge in [-0.25, -0.2) is 10.3 Å². The number of carbonyl (C=O) groups is 3. The summed E-state index contributed by atoms with van der Waals surface area (Å²) in [7, 11) is 0. The number of nitrogens with two attached hydrogens (primary N) is 1. The number of hydrogen-bond acceptors (Lipinski definition) is 12. The number of nitrogens with one attached hydrogen (secondary N) is 2. The zero-order valence-corrected chi connectivity index (χ0v) is 13.7. The molecule has 0 aliphatic rings. The van der Waals surface area contributed by atoms with Crippen LogP contribution in [0.1, 0.15) is 12.8 Å². The summed E-state index contributed by atoms with van der Waals surface area (Å²) in [5.74, 6) is -3.19. The van der Waals surface area contributed by atoms with E-state index in [2.05, 4.69) is 26.4 Å². The maximum Gasteiger partial charge on any atom is 0.332 e. The lowest BCUT2D eigenvalue weighted by atomic mass is 10.2. The van der Waals surface area contributed by atoms with Gasteiger partial charge in [0.15, 0.2) is 0 Å². The highest BCUT2D eigenvalue weighted by Crippen LogP contribution is 1.98. The topological polar surface area (TPSA) is 235 Å². The van der Waals surface area contributed by atoms with Gasteiger partial charge in [-0.2, -0.15) is 0 Å². The van der Waals surface area contributed by atoms with Crippen LogP contribution in [-0.2, 0) is 28.9 Å². The van der Waals surface area contributed by atoms with Gasteiger partial charge in [0.05, 0.1) is 0 Å². The van der Waals surface area contributed by atoms with Crippen molar-refractivity contribution in [3.63, 3.8) is 0 Å². The fraction of sp³-hybridized carbons (Fsp3) is 0.545. The third-order valence-electron chi connectivity index (χ3n) is 2.63. The molecule has 0 aliphatic heterocycles. The molecule has 0 aliphatic carbocycles. The van der Waals surface area contributed by atoms with Crippen LogP contribution in [0.15, 0.2) is 12.3 Å². The Hall–Kier alpha value is -3.69. The van der Waals surface area contributed by atoms with E-state index in [-0.39, 0.29) is 12.8 Å². The van der Waals surface area contributed by atoms with Gasteiger partial charge >= 0.3 is 11.9 Å². The summed E-state index contributed by atoms with van der Waals surface area (Å²) in [6.45, 7) is 1.84. The molecule has 0 radical (unpaired) electrons. The van der Waals surface area contributed by atoms with E-state index >= 15 is 0 Å². The van der Waals surface area contributed by atoms with E-state index in [1.54, 1.807) is 0 Å². The van der Waals surface area contributed by atoms with Crippen molar-refractivity contribution in [3.8, 4) is 0 Å². The highest BCUT2D eigenvalue weighted by atomic mass is 17.0. The predicted octanol–water partition coefficient (Wildman–Crippen LogP) is -2.36. The third-order valence-corrected chi connectivity index (χ3v) is 2.63. The van der Waals surface area contributed by atoms with Crippen LogP contribution in [0.2, 0.25) is 0 Å². The molecular formula is C11H17N5O11. The van der Waals surface area contributed by atoms with Crippen molar-refractivity contribution in [1.29, 1.82) is 0 Å². The van der Waals surface area contributed by atoms with Crippen LogP contribution in [0.25, 0.3) is 0 Å². The fourth-order valence-corrected chi connectivity index (χ4v) is 1.32. The van der Waals surface area contributed by atoms with Gasteiger partial charge in [-0.15, -0.1) is 20.2 Å². The Morgan fingerprint density at radius 1 is 1.22 bits per heavy atom. The highest BCUT2D eigenvalue weighted by Gasteiger charge is 2.19. The number of carboxylic acids is 1. The van der Waals surface area contributed by atoms with E-state index in [1.165, 1.54) is 0 Å². The molecule has 16 heteroatoms. The molecule has 16 nitrogen and oxygen atoms in total. The monoisotopic (exact) mass is 395 g/mol. The van der Waals surface area contributed by atoms with E-state index in [9.17, 15) is 34.6 Å². The molecule has 152 valence electrons. The molecule has 0 bridgehead atoms. The molecule has 2 atom stereocenters. The lowest BCUT2D eigenvalue weighted by molar-refractivity contribution is -0.789. The highest BCUT2D eigenvalue weighted by molar-refractivity contribution is 5.92. The van der Waals surface area contributed by atoms with E-state index in [0.717, 1.165) is 0 Å². The van der Waals surface area contributed by atoms with E-state index in [1.807, 2.05) is 5.48 Å². The second-order valence-corrected chi connectivity index (χ2v) is 4.72. The van der Waals surface area contributed by atoms with Gasteiger partial charge in [0.25, 0.3) is 16.1 Å². The SMILES string of the molecule is C=C(NOC(=O)CC[C@H](N)C(=O)O)C(=O)NC[C@@H](CO[N+](=O)[O-])O[N+](=O)[O-]. The molecule has 0 spiro atoms. The minimum absolute atomic E-state index is 0.203. The first kappa shape index (κ1) is 23.3. The summed E-state index contributed by atoms with van der Waals surface area (Å²) in [6, 6.07) is -1.26. The van der Waals surface area contributed by atoms with Crippen molar-refractivity contribution in [1.82, 2.24) is 10.8 Å². The first-order valence-corrected chi connectivity index (χ1v) is 7.02.